The number of aliphatic hydroxyl groups is 1. The van der Waals surface area contributed by atoms with Crippen LogP contribution in [0.1, 0.15) is 34.3 Å². The first-order valence-electron chi connectivity index (χ1n) is 12.7. The van der Waals surface area contributed by atoms with Gasteiger partial charge in [-0.2, -0.15) is 5.26 Å². The van der Waals surface area contributed by atoms with Crippen LogP contribution in [0.3, 0.4) is 0 Å². The van der Waals surface area contributed by atoms with Gasteiger partial charge >= 0.3 is 0 Å². The number of nitrogens with zero attached hydrogens (tertiary/aromatic N) is 3. The van der Waals surface area contributed by atoms with Gasteiger partial charge < -0.3 is 23.9 Å². The maximum atomic E-state index is 15.2. The molecule has 1 amide bonds. The first-order chi connectivity index (χ1) is 18.9. The van der Waals surface area contributed by atoms with Crippen LogP contribution in [0.5, 0.6) is 5.75 Å². The number of fused-ring (bicyclic) bond motifs is 1. The Morgan fingerprint density at radius 2 is 2.03 bits per heavy atom. The van der Waals surface area contributed by atoms with Gasteiger partial charge in [0.2, 0.25) is 0 Å². The summed E-state index contributed by atoms with van der Waals surface area (Å²) in [6.07, 6.45) is 3.27. The number of pyridine rings is 1. The number of hydrogen-bond acceptors (Lipinski definition) is 7. The largest absolute Gasteiger partial charge is 0.489 e. The zero-order chi connectivity index (χ0) is 27.5. The van der Waals surface area contributed by atoms with Crippen molar-refractivity contribution in [3.8, 4) is 34.3 Å². The summed E-state index contributed by atoms with van der Waals surface area (Å²) in [6, 6.07) is 13.5. The number of aliphatic hydroxyl groups excluding tert-OH is 1. The molecule has 39 heavy (non-hydrogen) atoms. The Labute approximate surface area is 225 Å². The van der Waals surface area contributed by atoms with Crippen LogP contribution in [0, 0.1) is 24.1 Å². The van der Waals surface area contributed by atoms with Crippen LogP contribution in [-0.2, 0) is 4.74 Å². The molecule has 0 spiro atoms. The van der Waals surface area contributed by atoms with E-state index in [1.54, 1.807) is 31.4 Å². The number of likely N-dealkylation sites (N-methyl/N-ethyl adjacent to an activating group) is 1. The Kier molecular flexibility index (Phi) is 7.59. The van der Waals surface area contributed by atoms with Crippen molar-refractivity contribution < 1.29 is 28.2 Å². The van der Waals surface area contributed by atoms with E-state index in [9.17, 15) is 10.1 Å². The van der Waals surface area contributed by atoms with Crippen LogP contribution in [0.2, 0.25) is 0 Å². The van der Waals surface area contributed by atoms with Crippen molar-refractivity contribution in [1.29, 1.82) is 5.26 Å². The molecule has 4 aromatic rings. The highest BCUT2D eigenvalue weighted by molar-refractivity contribution is 5.96. The number of hydrogen-bond donors (Lipinski definition) is 1. The number of amides is 1. The van der Waals surface area contributed by atoms with Gasteiger partial charge in [-0.25, -0.2) is 4.39 Å². The minimum atomic E-state index is -0.614. The number of aryl methyl sites for hydroxylation is 1. The third kappa shape index (κ3) is 5.35. The summed E-state index contributed by atoms with van der Waals surface area (Å²) in [4.78, 5) is 18.3. The van der Waals surface area contributed by atoms with Crippen molar-refractivity contribution in [3.63, 3.8) is 0 Å². The van der Waals surface area contributed by atoms with Gasteiger partial charge in [0.1, 0.15) is 35.0 Å². The monoisotopic (exact) mass is 529 g/mol. The summed E-state index contributed by atoms with van der Waals surface area (Å²) < 4.78 is 32.8. The summed E-state index contributed by atoms with van der Waals surface area (Å²) >= 11 is 0. The van der Waals surface area contributed by atoms with Gasteiger partial charge in [0.05, 0.1) is 30.9 Å². The van der Waals surface area contributed by atoms with E-state index < -0.39 is 11.7 Å². The molecule has 5 rings (SSSR count). The third-order valence-corrected chi connectivity index (χ3v) is 6.85. The van der Waals surface area contributed by atoms with Crippen LogP contribution < -0.4 is 4.74 Å². The number of halogens is 1. The molecule has 200 valence electrons. The molecule has 0 radical (unpaired) electrons. The second-order valence-electron chi connectivity index (χ2n) is 9.54. The quantitative estimate of drug-likeness (QED) is 0.355. The molecule has 1 saturated heterocycles. The maximum absolute atomic E-state index is 15.2. The summed E-state index contributed by atoms with van der Waals surface area (Å²) in [7, 11) is 1.54. The average molecular weight is 530 g/mol. The van der Waals surface area contributed by atoms with Crippen LogP contribution in [0.4, 0.5) is 4.39 Å². The zero-order valence-corrected chi connectivity index (χ0v) is 21.7. The van der Waals surface area contributed by atoms with E-state index in [0.717, 1.165) is 35.6 Å². The third-order valence-electron chi connectivity index (χ3n) is 6.85. The summed E-state index contributed by atoms with van der Waals surface area (Å²) in [5, 5.41) is 18.9. The predicted octanol–water partition coefficient (Wildman–Crippen LogP) is 5.10. The van der Waals surface area contributed by atoms with Gasteiger partial charge in [0, 0.05) is 49.8 Å². The van der Waals surface area contributed by atoms with Gasteiger partial charge in [-0.1, -0.05) is 6.07 Å². The lowest BCUT2D eigenvalue weighted by Gasteiger charge is -2.24. The van der Waals surface area contributed by atoms with Gasteiger partial charge in [-0.05, 0) is 48.4 Å². The van der Waals surface area contributed by atoms with Gasteiger partial charge in [-0.15, -0.1) is 0 Å². The van der Waals surface area contributed by atoms with E-state index >= 15 is 4.39 Å². The highest BCUT2D eigenvalue weighted by atomic mass is 19.1. The van der Waals surface area contributed by atoms with E-state index in [1.807, 2.05) is 13.0 Å². The Hall–Kier alpha value is -4.26. The van der Waals surface area contributed by atoms with Gasteiger partial charge in [0.25, 0.3) is 5.91 Å². The molecular weight excluding hydrogens is 501 g/mol. The average Bonchev–Trinajstić information content (AvgIpc) is 3.37. The lowest BCUT2D eigenvalue weighted by atomic mass is 9.99. The lowest BCUT2D eigenvalue weighted by Crippen LogP contribution is -2.29. The zero-order valence-electron chi connectivity index (χ0n) is 21.7. The Balaban J connectivity index is 1.50. The molecule has 1 N–H and O–H groups in total. The molecule has 0 saturated carbocycles. The fraction of sp³-hybridized carbons (Fsp3) is 0.300. The second kappa shape index (κ2) is 11.2. The smallest absolute Gasteiger partial charge is 0.253 e. The van der Waals surface area contributed by atoms with Crippen molar-refractivity contribution in [1.82, 2.24) is 9.88 Å². The molecule has 1 fully saturated rings. The Morgan fingerprint density at radius 1 is 1.23 bits per heavy atom. The minimum Gasteiger partial charge on any atom is -0.489 e. The summed E-state index contributed by atoms with van der Waals surface area (Å²) in [5.74, 6) is -0.213. The number of nitriles is 1. The number of aromatic nitrogens is 1. The van der Waals surface area contributed by atoms with E-state index in [-0.39, 0.29) is 36.1 Å². The molecule has 2 aromatic carbocycles. The van der Waals surface area contributed by atoms with Crippen molar-refractivity contribution in [3.05, 3.63) is 71.2 Å². The molecule has 2 aromatic heterocycles. The normalized spacial score (nSPS) is 13.8. The molecule has 0 unspecified atom stereocenters. The molecule has 0 atom stereocenters. The second-order valence-corrected chi connectivity index (χ2v) is 9.54. The van der Waals surface area contributed by atoms with E-state index in [2.05, 4.69) is 11.1 Å². The van der Waals surface area contributed by atoms with Crippen molar-refractivity contribution in [2.45, 2.75) is 25.9 Å². The topological polar surface area (TPSA) is 109 Å². The molecule has 0 bridgehead atoms. The number of benzene rings is 2. The number of carbonyl (C=O) groups is 1. The molecule has 0 aliphatic carbocycles. The molecule has 9 heteroatoms. The fourth-order valence-corrected chi connectivity index (χ4v) is 4.73. The number of carbonyl (C=O) groups excluding carboxylic acids is 1. The summed E-state index contributed by atoms with van der Waals surface area (Å²) in [6.45, 7) is 3.14. The molecule has 1 aliphatic heterocycles. The lowest BCUT2D eigenvalue weighted by molar-refractivity contribution is 0.0254. The maximum Gasteiger partial charge on any atom is 0.253 e. The number of furan rings is 1. The van der Waals surface area contributed by atoms with Crippen LogP contribution in [0.25, 0.3) is 33.6 Å². The van der Waals surface area contributed by atoms with Gasteiger partial charge in [0.15, 0.2) is 5.58 Å². The predicted molar refractivity (Wildman–Crippen MR) is 143 cm³/mol. The van der Waals surface area contributed by atoms with Crippen molar-refractivity contribution >= 4 is 17.0 Å². The highest BCUT2D eigenvalue weighted by Crippen LogP contribution is 2.38. The van der Waals surface area contributed by atoms with Gasteiger partial charge in [-0.3, -0.25) is 9.78 Å². The Morgan fingerprint density at radius 3 is 2.74 bits per heavy atom. The van der Waals surface area contributed by atoms with E-state index in [0.29, 0.717) is 35.6 Å². The Bertz CT molecular complexity index is 1570. The SMILES string of the molecule is Cc1cnc2cc(-c3ccc(C(=O)N(C)CCO)cc3F)oc2c1-c1ccc(OC2CCOCC2)c(C#N)c1. The van der Waals surface area contributed by atoms with Crippen LogP contribution in [0.15, 0.2) is 53.1 Å². The van der Waals surface area contributed by atoms with E-state index in [4.69, 9.17) is 19.0 Å². The van der Waals surface area contributed by atoms with Crippen LogP contribution in [-0.4, -0.2) is 60.4 Å². The van der Waals surface area contributed by atoms with E-state index in [1.165, 1.54) is 17.0 Å². The highest BCUT2D eigenvalue weighted by Gasteiger charge is 2.21. The first-order valence-corrected chi connectivity index (χ1v) is 12.7. The molecule has 8 nitrogen and oxygen atoms in total. The molecular formula is C30H28FN3O5. The van der Waals surface area contributed by atoms with Crippen LogP contribution >= 0.6 is 0 Å². The minimum absolute atomic E-state index is 0.00496. The molecule has 3 heterocycles. The fourth-order valence-electron chi connectivity index (χ4n) is 4.73. The van der Waals surface area contributed by atoms with Crippen molar-refractivity contribution in [2.24, 2.45) is 0 Å². The number of ether oxygens (including phenoxy) is 2. The summed E-state index contributed by atoms with van der Waals surface area (Å²) in [5.41, 5.74) is 4.11. The standard InChI is InChI=1S/C30H28FN3O5/c1-18-17-33-25-15-27(23-5-3-20(14-24(23)31)30(36)34(2)9-10-35)39-29(25)28(18)19-4-6-26(21(13-19)16-32)38-22-7-11-37-12-8-22/h3-6,13-15,17,22,35H,7-12H2,1-2H3. The van der Waals surface area contributed by atoms with Crippen molar-refractivity contribution in [2.75, 3.05) is 33.4 Å². The molecule has 1 aliphatic rings. The first kappa shape index (κ1) is 26.4. The number of rotatable bonds is 7.